The SMILES string of the molecule is CCOC(=O)CCC(=O)N1CC(C)CC(C)C1C. The summed E-state index contributed by atoms with van der Waals surface area (Å²) in [5, 5.41) is 0. The molecule has 1 saturated heterocycles. The average Bonchev–Trinajstić information content (AvgIpc) is 2.31. The molecule has 0 radical (unpaired) electrons. The number of piperidine rings is 1. The van der Waals surface area contributed by atoms with Gasteiger partial charge in [-0.3, -0.25) is 9.59 Å². The lowest BCUT2D eigenvalue weighted by molar-refractivity contribution is -0.147. The van der Waals surface area contributed by atoms with E-state index in [1.165, 1.54) is 6.42 Å². The molecular formula is C14H25NO3. The van der Waals surface area contributed by atoms with Gasteiger partial charge < -0.3 is 9.64 Å². The molecule has 18 heavy (non-hydrogen) atoms. The second-order valence-corrected chi connectivity index (χ2v) is 5.41. The van der Waals surface area contributed by atoms with Gasteiger partial charge in [-0.15, -0.1) is 0 Å². The van der Waals surface area contributed by atoms with Gasteiger partial charge in [-0.25, -0.2) is 0 Å². The molecule has 0 aromatic carbocycles. The first kappa shape index (κ1) is 15.0. The van der Waals surface area contributed by atoms with Crippen molar-refractivity contribution < 1.29 is 14.3 Å². The van der Waals surface area contributed by atoms with E-state index < -0.39 is 0 Å². The van der Waals surface area contributed by atoms with Crippen LogP contribution < -0.4 is 0 Å². The number of likely N-dealkylation sites (tertiary alicyclic amines) is 1. The van der Waals surface area contributed by atoms with Crippen LogP contribution in [-0.4, -0.2) is 36.0 Å². The van der Waals surface area contributed by atoms with Crippen LogP contribution >= 0.6 is 0 Å². The number of hydrogen-bond acceptors (Lipinski definition) is 3. The van der Waals surface area contributed by atoms with Crippen LogP contribution in [0, 0.1) is 11.8 Å². The highest BCUT2D eigenvalue weighted by Gasteiger charge is 2.31. The van der Waals surface area contributed by atoms with E-state index in [9.17, 15) is 9.59 Å². The first-order chi connectivity index (χ1) is 8.45. The lowest BCUT2D eigenvalue weighted by Crippen LogP contribution is -2.48. The summed E-state index contributed by atoms with van der Waals surface area (Å²) in [5.74, 6) is 0.869. The molecule has 104 valence electrons. The minimum atomic E-state index is -0.281. The van der Waals surface area contributed by atoms with Crippen molar-refractivity contribution in [2.45, 2.75) is 53.0 Å². The van der Waals surface area contributed by atoms with E-state index >= 15 is 0 Å². The lowest BCUT2D eigenvalue weighted by atomic mass is 9.86. The van der Waals surface area contributed by atoms with Gasteiger partial charge in [-0.1, -0.05) is 13.8 Å². The summed E-state index contributed by atoms with van der Waals surface area (Å²) in [6.45, 7) is 9.42. The zero-order chi connectivity index (χ0) is 13.7. The quantitative estimate of drug-likeness (QED) is 0.724. The molecule has 1 aliphatic rings. The van der Waals surface area contributed by atoms with E-state index in [0.29, 0.717) is 18.4 Å². The summed E-state index contributed by atoms with van der Waals surface area (Å²) >= 11 is 0. The molecule has 1 rings (SSSR count). The Morgan fingerprint density at radius 1 is 1.22 bits per heavy atom. The molecule has 0 aliphatic carbocycles. The average molecular weight is 255 g/mol. The van der Waals surface area contributed by atoms with Gasteiger partial charge in [0.15, 0.2) is 0 Å². The monoisotopic (exact) mass is 255 g/mol. The highest BCUT2D eigenvalue weighted by Crippen LogP contribution is 2.27. The summed E-state index contributed by atoms with van der Waals surface area (Å²) in [6.07, 6.45) is 1.63. The van der Waals surface area contributed by atoms with Gasteiger partial charge in [0.05, 0.1) is 13.0 Å². The molecule has 0 bridgehead atoms. The molecule has 4 heteroatoms. The van der Waals surface area contributed by atoms with Crippen LogP contribution in [0.2, 0.25) is 0 Å². The molecule has 0 spiro atoms. The van der Waals surface area contributed by atoms with E-state index in [0.717, 1.165) is 6.54 Å². The number of rotatable bonds is 4. The van der Waals surface area contributed by atoms with Gasteiger partial charge in [0.2, 0.25) is 5.91 Å². The molecule has 1 amide bonds. The molecule has 3 atom stereocenters. The molecule has 1 aliphatic heterocycles. The Balaban J connectivity index is 2.47. The van der Waals surface area contributed by atoms with Crippen molar-refractivity contribution >= 4 is 11.9 Å². The smallest absolute Gasteiger partial charge is 0.306 e. The minimum absolute atomic E-state index is 0.0777. The Kier molecular flexibility index (Phi) is 5.63. The van der Waals surface area contributed by atoms with E-state index in [-0.39, 0.29) is 30.8 Å². The predicted octanol–water partition coefficient (Wildman–Crippen LogP) is 2.22. The zero-order valence-corrected chi connectivity index (χ0v) is 11.9. The van der Waals surface area contributed by atoms with Crippen LogP contribution in [0.5, 0.6) is 0 Å². The highest BCUT2D eigenvalue weighted by atomic mass is 16.5. The number of carbonyl (C=O) groups excluding carboxylic acids is 2. The third kappa shape index (κ3) is 4.00. The van der Waals surface area contributed by atoms with Gasteiger partial charge in [0.1, 0.15) is 0 Å². The van der Waals surface area contributed by atoms with Gasteiger partial charge in [0.25, 0.3) is 0 Å². The van der Waals surface area contributed by atoms with Crippen LogP contribution in [-0.2, 0) is 14.3 Å². The van der Waals surface area contributed by atoms with Crippen molar-refractivity contribution in [3.05, 3.63) is 0 Å². The molecule has 0 saturated carbocycles. The van der Waals surface area contributed by atoms with Gasteiger partial charge in [-0.2, -0.15) is 0 Å². The number of hydrogen-bond donors (Lipinski definition) is 0. The predicted molar refractivity (Wildman–Crippen MR) is 70.0 cm³/mol. The summed E-state index contributed by atoms with van der Waals surface area (Å²) < 4.78 is 4.84. The molecule has 0 aromatic heterocycles. The third-order valence-electron chi connectivity index (χ3n) is 3.77. The first-order valence-corrected chi connectivity index (χ1v) is 6.90. The first-order valence-electron chi connectivity index (χ1n) is 6.90. The van der Waals surface area contributed by atoms with Crippen molar-refractivity contribution in [1.82, 2.24) is 4.90 Å². The number of ether oxygens (including phenoxy) is 1. The van der Waals surface area contributed by atoms with Crippen molar-refractivity contribution in [1.29, 1.82) is 0 Å². The molecule has 0 aromatic rings. The largest absolute Gasteiger partial charge is 0.466 e. The Morgan fingerprint density at radius 3 is 2.50 bits per heavy atom. The van der Waals surface area contributed by atoms with Crippen LogP contribution in [0.3, 0.4) is 0 Å². The molecule has 1 fully saturated rings. The second-order valence-electron chi connectivity index (χ2n) is 5.41. The van der Waals surface area contributed by atoms with Crippen LogP contribution in [0.15, 0.2) is 0 Å². The van der Waals surface area contributed by atoms with Gasteiger partial charge >= 0.3 is 5.97 Å². The Bertz CT molecular complexity index is 303. The maximum Gasteiger partial charge on any atom is 0.306 e. The van der Waals surface area contributed by atoms with E-state index in [1.807, 2.05) is 4.90 Å². The van der Waals surface area contributed by atoms with E-state index in [2.05, 4.69) is 20.8 Å². The van der Waals surface area contributed by atoms with Gasteiger partial charge in [0, 0.05) is 19.0 Å². The van der Waals surface area contributed by atoms with Crippen molar-refractivity contribution in [2.24, 2.45) is 11.8 Å². The number of esters is 1. The van der Waals surface area contributed by atoms with Crippen LogP contribution in [0.25, 0.3) is 0 Å². The van der Waals surface area contributed by atoms with Crippen molar-refractivity contribution in [2.75, 3.05) is 13.2 Å². The number of nitrogens with zero attached hydrogens (tertiary/aromatic N) is 1. The van der Waals surface area contributed by atoms with E-state index in [4.69, 9.17) is 4.74 Å². The molecular weight excluding hydrogens is 230 g/mol. The number of amides is 1. The fraction of sp³-hybridized carbons (Fsp3) is 0.857. The van der Waals surface area contributed by atoms with E-state index in [1.54, 1.807) is 6.92 Å². The number of carbonyl (C=O) groups is 2. The van der Waals surface area contributed by atoms with Crippen molar-refractivity contribution in [3.63, 3.8) is 0 Å². The molecule has 0 N–H and O–H groups in total. The highest BCUT2D eigenvalue weighted by molar-refractivity contribution is 5.81. The standard InChI is InChI=1S/C14H25NO3/c1-5-18-14(17)7-6-13(16)15-9-10(2)8-11(3)12(15)4/h10-12H,5-9H2,1-4H3. The zero-order valence-electron chi connectivity index (χ0n) is 11.9. The van der Waals surface area contributed by atoms with Crippen LogP contribution in [0.4, 0.5) is 0 Å². The maximum absolute atomic E-state index is 12.1. The Labute approximate surface area is 110 Å². The second kappa shape index (κ2) is 6.76. The summed E-state index contributed by atoms with van der Waals surface area (Å²) in [5.41, 5.74) is 0. The Morgan fingerprint density at radius 2 is 1.89 bits per heavy atom. The fourth-order valence-corrected chi connectivity index (χ4v) is 2.63. The molecule has 4 nitrogen and oxygen atoms in total. The lowest BCUT2D eigenvalue weighted by Gasteiger charge is -2.41. The van der Waals surface area contributed by atoms with Gasteiger partial charge in [-0.05, 0) is 32.1 Å². The van der Waals surface area contributed by atoms with Crippen molar-refractivity contribution in [3.8, 4) is 0 Å². The summed E-state index contributed by atoms with van der Waals surface area (Å²) in [4.78, 5) is 25.3. The molecule has 3 unspecified atom stereocenters. The third-order valence-corrected chi connectivity index (χ3v) is 3.77. The minimum Gasteiger partial charge on any atom is -0.466 e. The topological polar surface area (TPSA) is 46.6 Å². The summed E-state index contributed by atoms with van der Waals surface area (Å²) in [7, 11) is 0. The summed E-state index contributed by atoms with van der Waals surface area (Å²) in [6, 6.07) is 0.274. The van der Waals surface area contributed by atoms with Crippen LogP contribution in [0.1, 0.15) is 47.0 Å². The Hall–Kier alpha value is -1.06. The fourth-order valence-electron chi connectivity index (χ4n) is 2.63. The maximum atomic E-state index is 12.1. The molecule has 1 heterocycles. The normalized spacial score (nSPS) is 28.0.